The third-order valence-electron chi connectivity index (χ3n) is 3.33. The summed E-state index contributed by atoms with van der Waals surface area (Å²) in [4.78, 5) is 11.8. The second kappa shape index (κ2) is 9.30. The van der Waals surface area contributed by atoms with Crippen molar-refractivity contribution in [3.63, 3.8) is 0 Å². The van der Waals surface area contributed by atoms with Crippen LogP contribution in [-0.2, 0) is 4.79 Å². The summed E-state index contributed by atoms with van der Waals surface area (Å²) in [5, 5.41) is 14.3. The predicted molar refractivity (Wildman–Crippen MR) is 99.7 cm³/mol. The van der Waals surface area contributed by atoms with Crippen molar-refractivity contribution in [3.05, 3.63) is 58.1 Å². The van der Waals surface area contributed by atoms with E-state index in [4.69, 9.17) is 27.9 Å². The summed E-state index contributed by atoms with van der Waals surface area (Å²) in [7, 11) is 0. The van der Waals surface area contributed by atoms with Crippen molar-refractivity contribution >= 4 is 34.8 Å². The maximum atomic E-state index is 11.8. The monoisotopic (exact) mass is 380 g/mol. The van der Waals surface area contributed by atoms with Crippen LogP contribution in [0.25, 0.3) is 0 Å². The highest BCUT2D eigenvalue weighted by Gasteiger charge is 2.05. The Morgan fingerprint density at radius 3 is 2.60 bits per heavy atom. The van der Waals surface area contributed by atoms with Crippen LogP contribution in [0.3, 0.4) is 0 Å². The van der Waals surface area contributed by atoms with Crippen molar-refractivity contribution in [3.8, 4) is 11.5 Å². The van der Waals surface area contributed by atoms with Gasteiger partial charge in [-0.2, -0.15) is 5.10 Å². The average molecular weight is 381 g/mol. The first-order valence-electron chi connectivity index (χ1n) is 7.66. The van der Waals surface area contributed by atoms with Gasteiger partial charge in [0, 0.05) is 11.4 Å². The Morgan fingerprint density at radius 1 is 1.20 bits per heavy atom. The van der Waals surface area contributed by atoms with Gasteiger partial charge in [0.25, 0.3) is 0 Å². The normalized spacial score (nSPS) is 11.2. The Kier molecular flexibility index (Phi) is 7.10. The zero-order chi connectivity index (χ0) is 18.2. The standard InChI is InChI=1S/C18H18Cl2N2O3/c1-12(13-4-7-15(23)8-5-13)21-22-18(24)3-2-10-25-17-9-6-14(19)11-16(17)20/h4-9,11,23H,2-3,10H2,1H3,(H,22,24)/b21-12+. The Bertz CT molecular complexity index is 761. The van der Waals surface area contributed by atoms with Gasteiger partial charge in [0.15, 0.2) is 0 Å². The SMILES string of the molecule is C/C(=N\NC(=O)CCCOc1ccc(Cl)cc1Cl)c1ccc(O)cc1. The molecule has 0 bridgehead atoms. The molecule has 0 fully saturated rings. The van der Waals surface area contributed by atoms with Crippen LogP contribution in [0.2, 0.25) is 10.0 Å². The summed E-state index contributed by atoms with van der Waals surface area (Å²) in [6.07, 6.45) is 0.802. The number of phenols is 1. The molecule has 5 nitrogen and oxygen atoms in total. The van der Waals surface area contributed by atoms with Crippen LogP contribution in [-0.4, -0.2) is 23.3 Å². The molecule has 0 saturated carbocycles. The largest absolute Gasteiger partial charge is 0.508 e. The molecule has 132 valence electrons. The summed E-state index contributed by atoms with van der Waals surface area (Å²) < 4.78 is 5.52. The molecule has 0 atom stereocenters. The van der Waals surface area contributed by atoms with E-state index in [1.807, 2.05) is 0 Å². The van der Waals surface area contributed by atoms with Crippen molar-refractivity contribution < 1.29 is 14.6 Å². The van der Waals surface area contributed by atoms with Gasteiger partial charge in [0.05, 0.1) is 17.3 Å². The highest BCUT2D eigenvalue weighted by Crippen LogP contribution is 2.27. The number of hydrogen-bond donors (Lipinski definition) is 2. The van der Waals surface area contributed by atoms with Crippen LogP contribution in [0, 0.1) is 0 Å². The molecule has 2 rings (SSSR count). The van der Waals surface area contributed by atoms with Crippen molar-refractivity contribution in [2.45, 2.75) is 19.8 Å². The Labute approximate surface area is 156 Å². The van der Waals surface area contributed by atoms with E-state index in [-0.39, 0.29) is 18.1 Å². The lowest BCUT2D eigenvalue weighted by atomic mass is 10.1. The summed E-state index contributed by atoms with van der Waals surface area (Å²) in [5.41, 5.74) is 3.97. The Morgan fingerprint density at radius 2 is 1.92 bits per heavy atom. The smallest absolute Gasteiger partial charge is 0.240 e. The van der Waals surface area contributed by atoms with Gasteiger partial charge in [-0.1, -0.05) is 23.2 Å². The first kappa shape index (κ1) is 19.1. The number of hydrogen-bond acceptors (Lipinski definition) is 4. The van der Waals surface area contributed by atoms with E-state index < -0.39 is 0 Å². The molecule has 0 spiro atoms. The quantitative estimate of drug-likeness (QED) is 0.424. The summed E-state index contributed by atoms with van der Waals surface area (Å²) in [5.74, 6) is 0.512. The number of halogens is 2. The molecule has 0 aromatic heterocycles. The molecule has 1 amide bonds. The number of carbonyl (C=O) groups is 1. The minimum Gasteiger partial charge on any atom is -0.508 e. The van der Waals surface area contributed by atoms with E-state index in [0.717, 1.165) is 5.56 Å². The summed E-state index contributed by atoms with van der Waals surface area (Å²) in [6, 6.07) is 11.6. The molecule has 2 N–H and O–H groups in total. The molecular formula is C18H18Cl2N2O3. The third kappa shape index (κ3) is 6.29. The maximum Gasteiger partial charge on any atom is 0.240 e. The number of ether oxygens (including phenoxy) is 1. The van der Waals surface area contributed by atoms with Crippen LogP contribution >= 0.6 is 23.2 Å². The molecule has 0 aliphatic carbocycles. The lowest BCUT2D eigenvalue weighted by molar-refractivity contribution is -0.121. The Balaban J connectivity index is 1.73. The zero-order valence-electron chi connectivity index (χ0n) is 13.6. The average Bonchev–Trinajstić information content (AvgIpc) is 2.58. The number of amides is 1. The molecule has 2 aromatic carbocycles. The second-order valence-corrected chi connectivity index (χ2v) is 6.15. The van der Waals surface area contributed by atoms with Crippen molar-refractivity contribution in [2.75, 3.05) is 6.61 Å². The molecule has 25 heavy (non-hydrogen) atoms. The first-order valence-corrected chi connectivity index (χ1v) is 8.41. The molecule has 0 radical (unpaired) electrons. The van der Waals surface area contributed by atoms with Gasteiger partial charge >= 0.3 is 0 Å². The zero-order valence-corrected chi connectivity index (χ0v) is 15.1. The van der Waals surface area contributed by atoms with Gasteiger partial charge in [-0.15, -0.1) is 0 Å². The number of benzene rings is 2. The fraction of sp³-hybridized carbons (Fsp3) is 0.222. The van der Waals surface area contributed by atoms with Crippen LogP contribution in [0.15, 0.2) is 47.6 Å². The van der Waals surface area contributed by atoms with Gasteiger partial charge in [-0.3, -0.25) is 4.79 Å². The van der Waals surface area contributed by atoms with Gasteiger partial charge < -0.3 is 9.84 Å². The van der Waals surface area contributed by atoms with E-state index in [9.17, 15) is 9.90 Å². The Hall–Kier alpha value is -2.24. The highest BCUT2D eigenvalue weighted by molar-refractivity contribution is 6.35. The van der Waals surface area contributed by atoms with E-state index in [1.165, 1.54) is 0 Å². The van der Waals surface area contributed by atoms with Crippen LogP contribution in [0.5, 0.6) is 11.5 Å². The third-order valence-corrected chi connectivity index (χ3v) is 3.86. The molecule has 2 aromatic rings. The fourth-order valence-corrected chi connectivity index (χ4v) is 2.44. The number of carbonyl (C=O) groups excluding carboxylic acids is 1. The van der Waals surface area contributed by atoms with E-state index in [0.29, 0.717) is 34.5 Å². The van der Waals surface area contributed by atoms with Crippen molar-refractivity contribution in [2.24, 2.45) is 5.10 Å². The van der Waals surface area contributed by atoms with E-state index >= 15 is 0 Å². The fourth-order valence-electron chi connectivity index (χ4n) is 1.98. The minimum absolute atomic E-state index is 0.182. The van der Waals surface area contributed by atoms with Gasteiger partial charge in [0.2, 0.25) is 5.91 Å². The number of hydrazone groups is 1. The molecule has 0 aliphatic rings. The van der Waals surface area contributed by atoms with Crippen LogP contribution in [0.4, 0.5) is 0 Å². The van der Waals surface area contributed by atoms with Gasteiger partial charge in [-0.25, -0.2) is 5.43 Å². The number of rotatable bonds is 7. The van der Waals surface area contributed by atoms with E-state index in [2.05, 4.69) is 10.5 Å². The molecule has 0 heterocycles. The van der Waals surface area contributed by atoms with Crippen molar-refractivity contribution in [1.82, 2.24) is 5.43 Å². The molecule has 0 saturated heterocycles. The number of nitrogens with one attached hydrogen (secondary N) is 1. The highest BCUT2D eigenvalue weighted by atomic mass is 35.5. The lowest BCUT2D eigenvalue weighted by Crippen LogP contribution is -2.19. The molecule has 7 heteroatoms. The van der Waals surface area contributed by atoms with Gasteiger partial charge in [0.1, 0.15) is 11.5 Å². The van der Waals surface area contributed by atoms with Crippen LogP contribution < -0.4 is 10.2 Å². The maximum absolute atomic E-state index is 11.8. The second-order valence-electron chi connectivity index (χ2n) is 5.31. The van der Waals surface area contributed by atoms with Crippen molar-refractivity contribution in [1.29, 1.82) is 0 Å². The predicted octanol–water partition coefficient (Wildman–Crippen LogP) is 4.40. The minimum atomic E-state index is -0.205. The molecular weight excluding hydrogens is 363 g/mol. The number of aromatic hydroxyl groups is 1. The lowest BCUT2D eigenvalue weighted by Gasteiger charge is -2.08. The molecule has 0 unspecified atom stereocenters. The first-order chi connectivity index (χ1) is 12.0. The summed E-state index contributed by atoms with van der Waals surface area (Å²) in [6.45, 7) is 2.13. The number of phenolic OH excluding ortho intramolecular Hbond substituents is 1. The van der Waals surface area contributed by atoms with E-state index in [1.54, 1.807) is 49.4 Å². The van der Waals surface area contributed by atoms with Gasteiger partial charge in [-0.05, 0) is 61.4 Å². The van der Waals surface area contributed by atoms with Crippen LogP contribution in [0.1, 0.15) is 25.3 Å². The summed E-state index contributed by atoms with van der Waals surface area (Å²) >= 11 is 11.8. The topological polar surface area (TPSA) is 70.9 Å². The number of nitrogens with zero attached hydrogens (tertiary/aromatic N) is 1. The molecule has 0 aliphatic heterocycles.